The lowest BCUT2D eigenvalue weighted by Gasteiger charge is -2.26. The van der Waals surface area contributed by atoms with E-state index >= 15 is 0 Å². The van der Waals surface area contributed by atoms with E-state index in [1.54, 1.807) is 11.8 Å². The Hall–Kier alpha value is -0.520. The minimum atomic E-state index is -0.690. The van der Waals surface area contributed by atoms with Crippen LogP contribution in [0, 0.1) is 0 Å². The van der Waals surface area contributed by atoms with E-state index < -0.39 is 11.5 Å². The number of carboxylic acid groups (broad SMARTS) is 1. The molecule has 0 spiro atoms. The highest BCUT2D eigenvalue weighted by Gasteiger charge is 2.48. The van der Waals surface area contributed by atoms with Crippen LogP contribution in [0.25, 0.3) is 0 Å². The molecule has 0 radical (unpaired) electrons. The van der Waals surface area contributed by atoms with Crippen LogP contribution in [0.1, 0.15) is 32.1 Å². The van der Waals surface area contributed by atoms with Crippen molar-refractivity contribution in [3.63, 3.8) is 0 Å². The number of benzene rings is 1. The summed E-state index contributed by atoms with van der Waals surface area (Å²) in [6.07, 6.45) is 4.67. The number of rotatable bonds is 5. The fourth-order valence-corrected chi connectivity index (χ4v) is 4.73. The molecule has 2 atom stereocenters. The largest absolute Gasteiger partial charge is 0.480 e. The number of thioether (sulfide) groups is 1. The van der Waals surface area contributed by atoms with E-state index in [-0.39, 0.29) is 0 Å². The van der Waals surface area contributed by atoms with Crippen LogP contribution < -0.4 is 5.32 Å². The van der Waals surface area contributed by atoms with Crippen LogP contribution in [0.3, 0.4) is 0 Å². The standard InChI is InChI=1S/C15H18BrNO2S/c16-10-2-1-3-12(8-10)20-13-6-7-15(9-13,14(18)19)17-11-4-5-11/h1-3,8,11,13,17H,4-7,9H2,(H,18,19). The first kappa shape index (κ1) is 14.4. The van der Waals surface area contributed by atoms with Crippen molar-refractivity contribution >= 4 is 33.7 Å². The van der Waals surface area contributed by atoms with Crippen LogP contribution in [0.2, 0.25) is 0 Å². The van der Waals surface area contributed by atoms with E-state index in [1.165, 1.54) is 4.90 Å². The number of carbonyl (C=O) groups is 1. The molecule has 3 nitrogen and oxygen atoms in total. The summed E-state index contributed by atoms with van der Waals surface area (Å²) >= 11 is 5.28. The van der Waals surface area contributed by atoms with Crippen LogP contribution in [0.4, 0.5) is 0 Å². The van der Waals surface area contributed by atoms with Gasteiger partial charge in [-0.15, -0.1) is 11.8 Å². The Balaban J connectivity index is 1.66. The van der Waals surface area contributed by atoms with Crippen molar-refractivity contribution in [1.82, 2.24) is 5.32 Å². The monoisotopic (exact) mass is 355 g/mol. The minimum absolute atomic E-state index is 0.381. The highest BCUT2D eigenvalue weighted by atomic mass is 79.9. The van der Waals surface area contributed by atoms with Gasteiger partial charge in [-0.2, -0.15) is 0 Å². The second kappa shape index (κ2) is 5.70. The summed E-state index contributed by atoms with van der Waals surface area (Å²) in [4.78, 5) is 12.9. The zero-order valence-electron chi connectivity index (χ0n) is 11.1. The van der Waals surface area contributed by atoms with Crippen molar-refractivity contribution in [2.45, 2.75) is 53.8 Å². The number of aliphatic carboxylic acids is 1. The second-order valence-electron chi connectivity index (χ2n) is 5.75. The molecule has 2 aliphatic carbocycles. The Morgan fingerprint density at radius 1 is 1.40 bits per heavy atom. The van der Waals surface area contributed by atoms with Crippen molar-refractivity contribution in [3.8, 4) is 0 Å². The van der Waals surface area contributed by atoms with Gasteiger partial charge >= 0.3 is 5.97 Å². The third-order valence-corrected chi connectivity index (χ3v) is 5.79. The van der Waals surface area contributed by atoms with Gasteiger partial charge in [0.05, 0.1) is 0 Å². The van der Waals surface area contributed by atoms with Gasteiger partial charge in [0.15, 0.2) is 0 Å². The smallest absolute Gasteiger partial charge is 0.323 e. The maximum Gasteiger partial charge on any atom is 0.323 e. The number of halogens is 1. The number of carboxylic acids is 1. The van der Waals surface area contributed by atoms with Crippen molar-refractivity contribution in [3.05, 3.63) is 28.7 Å². The van der Waals surface area contributed by atoms with Crippen LogP contribution in [0.5, 0.6) is 0 Å². The molecule has 0 aliphatic heterocycles. The van der Waals surface area contributed by atoms with Gasteiger partial charge in [0.1, 0.15) is 5.54 Å². The molecule has 0 amide bonds. The molecule has 1 aromatic rings. The lowest BCUT2D eigenvalue weighted by Crippen LogP contribution is -2.51. The first-order valence-electron chi connectivity index (χ1n) is 7.01. The van der Waals surface area contributed by atoms with E-state index in [0.29, 0.717) is 11.3 Å². The molecule has 2 unspecified atom stereocenters. The quantitative estimate of drug-likeness (QED) is 0.845. The van der Waals surface area contributed by atoms with Crippen molar-refractivity contribution in [1.29, 1.82) is 0 Å². The first-order valence-corrected chi connectivity index (χ1v) is 8.68. The highest BCUT2D eigenvalue weighted by Crippen LogP contribution is 2.42. The van der Waals surface area contributed by atoms with E-state index in [1.807, 2.05) is 12.1 Å². The molecule has 0 aromatic heterocycles. The van der Waals surface area contributed by atoms with Gasteiger partial charge in [0.2, 0.25) is 0 Å². The lowest BCUT2D eigenvalue weighted by molar-refractivity contribution is -0.144. The van der Waals surface area contributed by atoms with Gasteiger partial charge in [0, 0.05) is 20.7 Å². The van der Waals surface area contributed by atoms with Crippen LogP contribution in [-0.4, -0.2) is 27.9 Å². The Morgan fingerprint density at radius 2 is 2.20 bits per heavy atom. The first-order chi connectivity index (χ1) is 9.57. The van der Waals surface area contributed by atoms with E-state index in [2.05, 4.69) is 33.4 Å². The number of hydrogen-bond acceptors (Lipinski definition) is 3. The highest BCUT2D eigenvalue weighted by molar-refractivity contribution is 9.10. The predicted octanol–water partition coefficient (Wildman–Crippen LogP) is 3.67. The van der Waals surface area contributed by atoms with E-state index in [4.69, 9.17) is 0 Å². The second-order valence-corrected chi connectivity index (χ2v) is 8.04. The molecule has 2 N–H and O–H groups in total. The summed E-state index contributed by atoms with van der Waals surface area (Å²) in [6, 6.07) is 8.65. The van der Waals surface area contributed by atoms with Crippen molar-refractivity contribution in [2.75, 3.05) is 0 Å². The van der Waals surface area contributed by atoms with Gasteiger partial charge in [-0.1, -0.05) is 22.0 Å². The maximum absolute atomic E-state index is 11.7. The van der Waals surface area contributed by atoms with Gasteiger partial charge in [-0.25, -0.2) is 0 Å². The third kappa shape index (κ3) is 3.21. The molecule has 0 heterocycles. The normalized spacial score (nSPS) is 29.6. The maximum atomic E-state index is 11.7. The van der Waals surface area contributed by atoms with E-state index in [9.17, 15) is 9.90 Å². The molecule has 2 aliphatic rings. The minimum Gasteiger partial charge on any atom is -0.480 e. The summed E-state index contributed by atoms with van der Waals surface area (Å²) in [5.41, 5.74) is -0.690. The van der Waals surface area contributed by atoms with Gasteiger partial charge in [-0.3, -0.25) is 10.1 Å². The molecule has 108 valence electrons. The molecule has 1 aromatic carbocycles. The lowest BCUT2D eigenvalue weighted by atomic mass is 9.98. The third-order valence-electron chi connectivity index (χ3n) is 4.04. The average molecular weight is 356 g/mol. The molecule has 0 saturated heterocycles. The van der Waals surface area contributed by atoms with E-state index in [0.717, 1.165) is 36.6 Å². The molecule has 5 heteroatoms. The predicted molar refractivity (Wildman–Crippen MR) is 84.2 cm³/mol. The van der Waals surface area contributed by atoms with Gasteiger partial charge in [-0.05, 0) is 50.3 Å². The summed E-state index contributed by atoms with van der Waals surface area (Å²) < 4.78 is 1.07. The van der Waals surface area contributed by atoms with Gasteiger partial charge < -0.3 is 5.11 Å². The molecule has 0 bridgehead atoms. The molecule has 2 saturated carbocycles. The average Bonchev–Trinajstić information content (AvgIpc) is 3.10. The Morgan fingerprint density at radius 3 is 2.85 bits per heavy atom. The molecule has 20 heavy (non-hydrogen) atoms. The molecular weight excluding hydrogens is 338 g/mol. The van der Waals surface area contributed by atoms with Crippen LogP contribution >= 0.6 is 27.7 Å². The molecule has 3 rings (SSSR count). The van der Waals surface area contributed by atoms with Crippen LogP contribution in [-0.2, 0) is 4.79 Å². The Labute approximate surface area is 131 Å². The van der Waals surface area contributed by atoms with Crippen molar-refractivity contribution < 1.29 is 9.90 Å². The zero-order chi connectivity index (χ0) is 14.2. The summed E-state index contributed by atoms with van der Waals surface area (Å²) in [6.45, 7) is 0. The van der Waals surface area contributed by atoms with Crippen LogP contribution in [0.15, 0.2) is 33.6 Å². The fourth-order valence-electron chi connectivity index (χ4n) is 2.84. The van der Waals surface area contributed by atoms with Crippen molar-refractivity contribution in [2.24, 2.45) is 0 Å². The summed E-state index contributed by atoms with van der Waals surface area (Å²) in [5, 5.41) is 13.3. The molecule has 2 fully saturated rings. The number of hydrogen-bond donors (Lipinski definition) is 2. The topological polar surface area (TPSA) is 49.3 Å². The summed E-state index contributed by atoms with van der Waals surface area (Å²) in [7, 11) is 0. The Kier molecular flexibility index (Phi) is 4.11. The van der Waals surface area contributed by atoms with Gasteiger partial charge in [0.25, 0.3) is 0 Å². The SMILES string of the molecule is O=C(O)C1(NC2CC2)CCC(Sc2cccc(Br)c2)C1. The molecular formula is C15H18BrNO2S. The summed E-state index contributed by atoms with van der Waals surface area (Å²) in [5.74, 6) is -0.679. The Bertz CT molecular complexity index is 520. The zero-order valence-corrected chi connectivity index (χ0v) is 13.5. The fraction of sp³-hybridized carbons (Fsp3) is 0.533. The number of nitrogens with one attached hydrogen (secondary N) is 1.